The van der Waals surface area contributed by atoms with Crippen LogP contribution < -0.4 is 0 Å². The van der Waals surface area contributed by atoms with Crippen molar-refractivity contribution < 1.29 is 9.53 Å². The van der Waals surface area contributed by atoms with Gasteiger partial charge in [0.05, 0.1) is 0 Å². The Bertz CT molecular complexity index is 166. The van der Waals surface area contributed by atoms with Gasteiger partial charge in [-0.2, -0.15) is 0 Å². The molecule has 0 rings (SSSR count). The Morgan fingerprint density at radius 1 is 1.40 bits per heavy atom. The van der Waals surface area contributed by atoms with Crippen molar-refractivity contribution in [2.24, 2.45) is 0 Å². The molecule has 0 fully saturated rings. The molecule has 0 aliphatic carbocycles. The van der Waals surface area contributed by atoms with Gasteiger partial charge in [-0.05, 0) is 26.8 Å². The SMILES string of the molecule is C/C=C/C(=O)O/C(C)=C/C. The van der Waals surface area contributed by atoms with Gasteiger partial charge in [0.25, 0.3) is 0 Å². The molecule has 0 radical (unpaired) electrons. The molecule has 0 aromatic heterocycles. The van der Waals surface area contributed by atoms with Crippen LogP contribution in [0.25, 0.3) is 0 Å². The molecule has 2 heteroatoms. The first-order valence-corrected chi connectivity index (χ1v) is 3.18. The molecule has 0 saturated carbocycles. The monoisotopic (exact) mass is 140 g/mol. The summed E-state index contributed by atoms with van der Waals surface area (Å²) >= 11 is 0. The molecule has 0 aliphatic heterocycles. The van der Waals surface area contributed by atoms with E-state index in [1.165, 1.54) is 6.08 Å². The van der Waals surface area contributed by atoms with Crippen LogP contribution in [0.5, 0.6) is 0 Å². The predicted molar refractivity (Wildman–Crippen MR) is 40.3 cm³/mol. The number of esters is 1. The quantitative estimate of drug-likeness (QED) is 0.333. The van der Waals surface area contributed by atoms with E-state index in [4.69, 9.17) is 4.74 Å². The number of allylic oxidation sites excluding steroid dienone is 3. The maximum absolute atomic E-state index is 10.7. The Labute approximate surface area is 61.2 Å². The number of hydrogen-bond donors (Lipinski definition) is 0. The van der Waals surface area contributed by atoms with E-state index in [0.29, 0.717) is 5.76 Å². The summed E-state index contributed by atoms with van der Waals surface area (Å²) in [5, 5.41) is 0. The molecule has 0 unspecified atom stereocenters. The van der Waals surface area contributed by atoms with Gasteiger partial charge in [-0.3, -0.25) is 0 Å². The average Bonchev–Trinajstić information content (AvgIpc) is 1.88. The third-order valence-corrected chi connectivity index (χ3v) is 0.971. The fourth-order valence-corrected chi connectivity index (χ4v) is 0.388. The van der Waals surface area contributed by atoms with E-state index in [1.54, 1.807) is 26.0 Å². The van der Waals surface area contributed by atoms with Crippen molar-refractivity contribution in [3.8, 4) is 0 Å². The number of ether oxygens (including phenoxy) is 1. The molecule has 0 aromatic carbocycles. The molecule has 0 heterocycles. The van der Waals surface area contributed by atoms with Gasteiger partial charge in [-0.1, -0.05) is 6.08 Å². The van der Waals surface area contributed by atoms with Gasteiger partial charge < -0.3 is 4.74 Å². The fraction of sp³-hybridized carbons (Fsp3) is 0.375. The van der Waals surface area contributed by atoms with E-state index < -0.39 is 0 Å². The minimum Gasteiger partial charge on any atom is -0.429 e. The highest BCUT2D eigenvalue weighted by Crippen LogP contribution is 1.95. The lowest BCUT2D eigenvalue weighted by Crippen LogP contribution is -1.97. The molecule has 0 spiro atoms. The van der Waals surface area contributed by atoms with Crippen LogP contribution in [-0.2, 0) is 9.53 Å². The molecular formula is C8H12O2. The van der Waals surface area contributed by atoms with E-state index in [-0.39, 0.29) is 5.97 Å². The van der Waals surface area contributed by atoms with E-state index in [9.17, 15) is 4.79 Å². The Kier molecular flexibility index (Phi) is 4.29. The highest BCUT2D eigenvalue weighted by Gasteiger charge is 1.94. The largest absolute Gasteiger partial charge is 0.429 e. The molecule has 0 aromatic rings. The molecule has 2 nitrogen and oxygen atoms in total. The molecular weight excluding hydrogens is 128 g/mol. The predicted octanol–water partition coefficient (Wildman–Crippen LogP) is 2.03. The van der Waals surface area contributed by atoms with Gasteiger partial charge in [0.2, 0.25) is 0 Å². The highest BCUT2D eigenvalue weighted by atomic mass is 16.5. The summed E-state index contributed by atoms with van der Waals surface area (Å²) in [6.45, 7) is 5.33. The number of hydrogen-bond acceptors (Lipinski definition) is 2. The minimum atomic E-state index is -0.321. The number of carbonyl (C=O) groups is 1. The fourth-order valence-electron chi connectivity index (χ4n) is 0.388. The second-order valence-corrected chi connectivity index (χ2v) is 1.82. The van der Waals surface area contributed by atoms with Gasteiger partial charge in [0.15, 0.2) is 0 Å². The number of carbonyl (C=O) groups excluding carboxylic acids is 1. The Hall–Kier alpha value is -1.05. The summed E-state index contributed by atoms with van der Waals surface area (Å²) < 4.78 is 4.78. The van der Waals surface area contributed by atoms with Crippen LogP contribution in [0.2, 0.25) is 0 Å². The summed E-state index contributed by atoms with van der Waals surface area (Å²) in [6.07, 6.45) is 4.76. The van der Waals surface area contributed by atoms with E-state index >= 15 is 0 Å². The second-order valence-electron chi connectivity index (χ2n) is 1.82. The maximum Gasteiger partial charge on any atom is 0.335 e. The van der Waals surface area contributed by atoms with Gasteiger partial charge in [-0.15, -0.1) is 0 Å². The molecule has 0 aliphatic rings. The zero-order valence-electron chi connectivity index (χ0n) is 6.55. The van der Waals surface area contributed by atoms with Gasteiger partial charge in [-0.25, -0.2) is 4.79 Å². The Balaban J connectivity index is 3.80. The van der Waals surface area contributed by atoms with Crippen LogP contribution in [-0.4, -0.2) is 5.97 Å². The first-order valence-electron chi connectivity index (χ1n) is 3.18. The molecule has 0 amide bonds. The van der Waals surface area contributed by atoms with E-state index in [1.807, 2.05) is 6.92 Å². The first-order chi connectivity index (χ1) is 4.70. The van der Waals surface area contributed by atoms with Gasteiger partial charge in [0, 0.05) is 6.08 Å². The zero-order chi connectivity index (χ0) is 7.98. The molecule has 10 heavy (non-hydrogen) atoms. The van der Waals surface area contributed by atoms with Crippen LogP contribution in [0.4, 0.5) is 0 Å². The standard InChI is InChI=1S/C8H12O2/c1-4-6-8(9)10-7(3)5-2/h4-6H,1-3H3/b6-4+,7-5+. The zero-order valence-corrected chi connectivity index (χ0v) is 6.55. The molecule has 56 valence electrons. The van der Waals surface area contributed by atoms with Gasteiger partial charge >= 0.3 is 5.97 Å². The molecule has 0 N–H and O–H groups in total. The van der Waals surface area contributed by atoms with Crippen molar-refractivity contribution in [3.05, 3.63) is 24.0 Å². The van der Waals surface area contributed by atoms with Crippen molar-refractivity contribution in [3.63, 3.8) is 0 Å². The van der Waals surface area contributed by atoms with Crippen LogP contribution in [0.15, 0.2) is 24.0 Å². The number of rotatable bonds is 2. The summed E-state index contributed by atoms with van der Waals surface area (Å²) in [6, 6.07) is 0. The normalized spacial score (nSPS) is 12.1. The van der Waals surface area contributed by atoms with Crippen LogP contribution >= 0.6 is 0 Å². The highest BCUT2D eigenvalue weighted by molar-refractivity contribution is 5.82. The van der Waals surface area contributed by atoms with Crippen LogP contribution in [0.3, 0.4) is 0 Å². The topological polar surface area (TPSA) is 26.3 Å². The maximum atomic E-state index is 10.7. The summed E-state index contributed by atoms with van der Waals surface area (Å²) in [7, 11) is 0. The third kappa shape index (κ3) is 3.89. The van der Waals surface area contributed by atoms with Crippen molar-refractivity contribution in [1.82, 2.24) is 0 Å². The smallest absolute Gasteiger partial charge is 0.335 e. The average molecular weight is 140 g/mol. The van der Waals surface area contributed by atoms with E-state index in [2.05, 4.69) is 0 Å². The molecule has 0 atom stereocenters. The summed E-state index contributed by atoms with van der Waals surface area (Å²) in [5.74, 6) is 0.307. The lowest BCUT2D eigenvalue weighted by atomic mass is 10.5. The van der Waals surface area contributed by atoms with Gasteiger partial charge in [0.1, 0.15) is 5.76 Å². The minimum absolute atomic E-state index is 0.321. The van der Waals surface area contributed by atoms with Crippen molar-refractivity contribution in [2.45, 2.75) is 20.8 Å². The van der Waals surface area contributed by atoms with Crippen LogP contribution in [0, 0.1) is 0 Å². The first kappa shape index (κ1) is 8.95. The summed E-state index contributed by atoms with van der Waals surface area (Å²) in [5.41, 5.74) is 0. The third-order valence-electron chi connectivity index (χ3n) is 0.971. The molecule has 0 bridgehead atoms. The Morgan fingerprint density at radius 2 is 2.00 bits per heavy atom. The van der Waals surface area contributed by atoms with Crippen molar-refractivity contribution >= 4 is 5.97 Å². The van der Waals surface area contributed by atoms with Crippen molar-refractivity contribution in [2.75, 3.05) is 0 Å². The Morgan fingerprint density at radius 3 is 2.40 bits per heavy atom. The second kappa shape index (κ2) is 4.79. The lowest BCUT2D eigenvalue weighted by Gasteiger charge is -1.97. The van der Waals surface area contributed by atoms with E-state index in [0.717, 1.165) is 0 Å². The van der Waals surface area contributed by atoms with Crippen LogP contribution in [0.1, 0.15) is 20.8 Å². The summed E-state index contributed by atoms with van der Waals surface area (Å²) in [4.78, 5) is 10.7. The lowest BCUT2D eigenvalue weighted by molar-refractivity contribution is -0.133. The van der Waals surface area contributed by atoms with Crippen molar-refractivity contribution in [1.29, 1.82) is 0 Å². The molecule has 0 saturated heterocycles.